The van der Waals surface area contributed by atoms with Gasteiger partial charge in [0.05, 0.1) is 33.5 Å². The molecule has 0 aliphatic heterocycles. The Hall–Kier alpha value is -5.09. The summed E-state index contributed by atoms with van der Waals surface area (Å²) in [5.74, 6) is 0.939. The number of nitrogens with zero attached hydrogens (tertiary/aromatic N) is 4. The number of aryl methyl sites for hydroxylation is 1. The second kappa shape index (κ2) is 10.8. The van der Waals surface area contributed by atoms with Crippen LogP contribution >= 0.6 is 0 Å². The Balaban J connectivity index is 1.22. The Morgan fingerprint density at radius 3 is 1.76 bits per heavy atom. The van der Waals surface area contributed by atoms with Gasteiger partial charge in [-0.2, -0.15) is 0 Å². The zero-order valence-corrected chi connectivity index (χ0v) is 23.0. The highest BCUT2D eigenvalue weighted by Crippen LogP contribution is 2.32. The van der Waals surface area contributed by atoms with E-state index in [2.05, 4.69) is 102 Å². The highest BCUT2D eigenvalue weighted by atomic mass is 15.1. The van der Waals surface area contributed by atoms with Crippen LogP contribution in [-0.4, -0.2) is 19.5 Å². The van der Waals surface area contributed by atoms with Crippen LogP contribution < -0.4 is 0 Å². The maximum Gasteiger partial charge on any atom is 0.145 e. The van der Waals surface area contributed by atoms with Gasteiger partial charge in [-0.05, 0) is 60.4 Å². The minimum atomic E-state index is 0.931. The van der Waals surface area contributed by atoms with E-state index in [9.17, 15) is 0 Å². The van der Waals surface area contributed by atoms with E-state index in [1.54, 1.807) is 0 Å². The van der Waals surface area contributed by atoms with Crippen molar-refractivity contribution in [2.45, 2.75) is 26.2 Å². The van der Waals surface area contributed by atoms with Crippen LogP contribution in [0.4, 0.5) is 0 Å². The number of aromatic nitrogens is 4. The van der Waals surface area contributed by atoms with Gasteiger partial charge in [0.2, 0.25) is 0 Å². The van der Waals surface area contributed by atoms with Crippen LogP contribution in [0.15, 0.2) is 127 Å². The van der Waals surface area contributed by atoms with Gasteiger partial charge < -0.3 is 0 Å². The molecular weight excluding hydrogens is 500 g/mol. The normalized spacial score (nSPS) is 11.3. The van der Waals surface area contributed by atoms with E-state index in [-0.39, 0.29) is 0 Å². The molecule has 0 aliphatic carbocycles. The molecule has 0 amide bonds. The summed E-state index contributed by atoms with van der Waals surface area (Å²) in [4.78, 5) is 15.0. The van der Waals surface area contributed by atoms with Gasteiger partial charge in [0.15, 0.2) is 0 Å². The smallest absolute Gasteiger partial charge is 0.145 e. The fourth-order valence-electron chi connectivity index (χ4n) is 5.48. The first-order chi connectivity index (χ1) is 20.3. The van der Waals surface area contributed by atoms with Crippen LogP contribution in [-0.2, 0) is 6.42 Å². The number of fused-ring (bicyclic) bond motifs is 2. The van der Waals surface area contributed by atoms with Gasteiger partial charge in [0.25, 0.3) is 0 Å². The molecule has 7 rings (SSSR count). The molecule has 4 heteroatoms. The molecule has 0 fully saturated rings. The van der Waals surface area contributed by atoms with Crippen molar-refractivity contribution in [3.05, 3.63) is 133 Å². The number of rotatable bonds is 7. The molecule has 0 spiro atoms. The van der Waals surface area contributed by atoms with E-state index in [1.807, 2.05) is 36.4 Å². The Bertz CT molecular complexity index is 1950. The number of unbranched alkanes of at least 4 members (excludes halogenated alkanes) is 1. The van der Waals surface area contributed by atoms with Crippen molar-refractivity contribution >= 4 is 22.1 Å². The molecule has 198 valence electrons. The lowest BCUT2D eigenvalue weighted by Crippen LogP contribution is -1.99. The summed E-state index contributed by atoms with van der Waals surface area (Å²) in [7, 11) is 0. The van der Waals surface area contributed by atoms with Crippen LogP contribution in [0.3, 0.4) is 0 Å². The molecule has 0 N–H and O–H groups in total. The molecule has 7 aromatic rings. The highest BCUT2D eigenvalue weighted by Gasteiger charge is 2.15. The van der Waals surface area contributed by atoms with E-state index < -0.39 is 0 Å². The summed E-state index contributed by atoms with van der Waals surface area (Å²) in [5, 5.41) is 0. The molecule has 5 aromatic carbocycles. The van der Waals surface area contributed by atoms with Gasteiger partial charge >= 0.3 is 0 Å². The first kappa shape index (κ1) is 24.9. The quantitative estimate of drug-likeness (QED) is 0.206. The molecule has 0 atom stereocenters. The van der Waals surface area contributed by atoms with Gasteiger partial charge in [0, 0.05) is 16.8 Å². The molecule has 0 saturated heterocycles. The van der Waals surface area contributed by atoms with Crippen LogP contribution in [0.25, 0.3) is 61.5 Å². The molecule has 4 nitrogen and oxygen atoms in total. The average Bonchev–Trinajstić information content (AvgIpc) is 3.44. The molecule has 0 unspecified atom stereocenters. The zero-order valence-electron chi connectivity index (χ0n) is 23.0. The van der Waals surface area contributed by atoms with Crippen LogP contribution in [0.5, 0.6) is 0 Å². The van der Waals surface area contributed by atoms with Gasteiger partial charge in [-0.3, -0.25) is 4.57 Å². The Kier molecular flexibility index (Phi) is 6.58. The first-order valence-corrected chi connectivity index (χ1v) is 14.3. The van der Waals surface area contributed by atoms with E-state index in [0.29, 0.717) is 0 Å². The monoisotopic (exact) mass is 530 g/mol. The van der Waals surface area contributed by atoms with Gasteiger partial charge in [-0.15, -0.1) is 0 Å². The second-order valence-electron chi connectivity index (χ2n) is 10.4. The van der Waals surface area contributed by atoms with E-state index in [4.69, 9.17) is 15.0 Å². The maximum absolute atomic E-state index is 5.03. The third-order valence-corrected chi connectivity index (χ3v) is 7.62. The predicted octanol–water partition coefficient (Wildman–Crippen LogP) is 9.31. The molecule has 0 bridgehead atoms. The van der Waals surface area contributed by atoms with Crippen molar-refractivity contribution in [2.24, 2.45) is 0 Å². The van der Waals surface area contributed by atoms with Crippen molar-refractivity contribution < 1.29 is 0 Å². The van der Waals surface area contributed by atoms with Crippen molar-refractivity contribution in [1.82, 2.24) is 19.5 Å². The number of hydrogen-bond acceptors (Lipinski definition) is 3. The Morgan fingerprint density at radius 1 is 0.512 bits per heavy atom. The number of hydrogen-bond donors (Lipinski definition) is 0. The lowest BCUT2D eigenvalue weighted by Gasteiger charge is -2.11. The fourth-order valence-corrected chi connectivity index (χ4v) is 5.48. The number of para-hydroxylation sites is 5. The van der Waals surface area contributed by atoms with Crippen molar-refractivity contribution in [3.8, 4) is 39.5 Å². The molecular formula is C37H30N4. The molecule has 0 aliphatic rings. The number of imidazole rings is 1. The van der Waals surface area contributed by atoms with Crippen LogP contribution in [0, 0.1) is 0 Å². The molecule has 2 heterocycles. The summed E-state index contributed by atoms with van der Waals surface area (Å²) < 4.78 is 2.24. The predicted molar refractivity (Wildman–Crippen MR) is 169 cm³/mol. The standard InChI is InChI=1S/C37H30N4/c1-2-3-13-34-36(39-32-15-8-7-14-31(32)38-34)28-22-18-26(19-23-28)27-20-24-29(25-21-27)37-40-33-16-9-10-17-35(33)41(37)30-11-5-4-6-12-30/h4-12,14-25H,2-3,13H2,1H3. The SMILES string of the molecule is CCCCc1nc2ccccc2nc1-c1ccc(-c2ccc(-c3nc4ccccc4n3-c3ccccc3)cc2)cc1. The second-order valence-corrected chi connectivity index (χ2v) is 10.4. The maximum atomic E-state index is 5.03. The third kappa shape index (κ3) is 4.78. The molecule has 0 radical (unpaired) electrons. The summed E-state index contributed by atoms with van der Waals surface area (Å²) in [6.07, 6.45) is 3.16. The zero-order chi connectivity index (χ0) is 27.6. The van der Waals surface area contributed by atoms with Gasteiger partial charge in [0.1, 0.15) is 5.82 Å². The minimum absolute atomic E-state index is 0.931. The lowest BCUT2D eigenvalue weighted by molar-refractivity contribution is 0.778. The topological polar surface area (TPSA) is 43.6 Å². The van der Waals surface area contributed by atoms with Gasteiger partial charge in [-0.1, -0.05) is 104 Å². The van der Waals surface area contributed by atoms with Gasteiger partial charge in [-0.25, -0.2) is 15.0 Å². The molecule has 41 heavy (non-hydrogen) atoms. The van der Waals surface area contributed by atoms with E-state index in [0.717, 1.165) is 75.4 Å². The van der Waals surface area contributed by atoms with Crippen molar-refractivity contribution in [1.29, 1.82) is 0 Å². The molecule has 0 saturated carbocycles. The highest BCUT2D eigenvalue weighted by molar-refractivity contribution is 5.84. The fraction of sp³-hybridized carbons (Fsp3) is 0.108. The third-order valence-electron chi connectivity index (χ3n) is 7.62. The van der Waals surface area contributed by atoms with Crippen LogP contribution in [0.1, 0.15) is 25.5 Å². The number of benzene rings is 5. The minimum Gasteiger partial charge on any atom is -0.292 e. The van der Waals surface area contributed by atoms with Crippen molar-refractivity contribution in [3.63, 3.8) is 0 Å². The van der Waals surface area contributed by atoms with Crippen LogP contribution in [0.2, 0.25) is 0 Å². The van der Waals surface area contributed by atoms with E-state index >= 15 is 0 Å². The Morgan fingerprint density at radius 2 is 1.07 bits per heavy atom. The first-order valence-electron chi connectivity index (χ1n) is 14.3. The summed E-state index contributed by atoms with van der Waals surface area (Å²) in [5.41, 5.74) is 11.7. The van der Waals surface area contributed by atoms with Crippen molar-refractivity contribution in [2.75, 3.05) is 0 Å². The largest absolute Gasteiger partial charge is 0.292 e. The Labute approximate surface area is 240 Å². The summed E-state index contributed by atoms with van der Waals surface area (Å²) in [6, 6.07) is 44.3. The summed E-state index contributed by atoms with van der Waals surface area (Å²) in [6.45, 7) is 2.21. The lowest BCUT2D eigenvalue weighted by atomic mass is 9.99. The average molecular weight is 531 g/mol. The van der Waals surface area contributed by atoms with E-state index in [1.165, 1.54) is 11.1 Å². The summed E-state index contributed by atoms with van der Waals surface area (Å²) >= 11 is 0. The molecule has 2 aromatic heterocycles.